The summed E-state index contributed by atoms with van der Waals surface area (Å²) in [6, 6.07) is 8.02. The second-order valence-corrected chi connectivity index (χ2v) is 3.79. The van der Waals surface area contributed by atoms with Gasteiger partial charge >= 0.3 is 11.7 Å². The summed E-state index contributed by atoms with van der Waals surface area (Å²) in [7, 11) is 1.38. The average Bonchev–Trinajstić information content (AvgIpc) is 2.81. The molecule has 104 valence electrons. The maximum absolute atomic E-state index is 12.0. The van der Waals surface area contributed by atoms with Crippen LogP contribution < -0.4 is 16.3 Å². The van der Waals surface area contributed by atoms with Gasteiger partial charge in [0.25, 0.3) is 0 Å². The molecule has 0 saturated heterocycles. The first kappa shape index (κ1) is 13.5. The van der Waals surface area contributed by atoms with Gasteiger partial charge in [-0.25, -0.2) is 9.59 Å². The lowest BCUT2D eigenvalue weighted by atomic mass is 10.3. The van der Waals surface area contributed by atoms with E-state index in [1.165, 1.54) is 7.05 Å². The molecule has 1 aromatic carbocycles. The Labute approximate surface area is 113 Å². The fourth-order valence-corrected chi connectivity index (χ4v) is 1.47. The first-order valence-electron chi connectivity index (χ1n) is 5.71. The van der Waals surface area contributed by atoms with Gasteiger partial charge < -0.3 is 5.32 Å². The average molecular weight is 276 g/mol. The molecule has 0 aliphatic heterocycles. The van der Waals surface area contributed by atoms with Gasteiger partial charge in [-0.05, 0) is 22.6 Å². The van der Waals surface area contributed by atoms with E-state index in [4.69, 9.17) is 0 Å². The lowest BCUT2D eigenvalue weighted by Crippen LogP contribution is -2.41. The van der Waals surface area contributed by atoms with E-state index in [0.29, 0.717) is 5.69 Å². The summed E-state index contributed by atoms with van der Waals surface area (Å²) in [6.07, 6.45) is 0. The number of aromatic nitrogens is 4. The van der Waals surface area contributed by atoms with Crippen molar-refractivity contribution in [2.75, 3.05) is 7.05 Å². The van der Waals surface area contributed by atoms with E-state index in [2.05, 4.69) is 15.7 Å². The lowest BCUT2D eigenvalue weighted by Gasteiger charge is -2.01. The van der Waals surface area contributed by atoms with Crippen molar-refractivity contribution < 1.29 is 9.59 Å². The molecule has 0 spiro atoms. The summed E-state index contributed by atoms with van der Waals surface area (Å²) in [5.41, 5.74) is -0.0290. The number of amides is 3. The minimum Gasteiger partial charge on any atom is -0.341 e. The van der Waals surface area contributed by atoms with E-state index in [1.807, 2.05) is 5.32 Å². The van der Waals surface area contributed by atoms with Crippen LogP contribution in [0, 0.1) is 0 Å². The number of benzene rings is 1. The second kappa shape index (κ2) is 5.78. The Morgan fingerprint density at radius 2 is 1.90 bits per heavy atom. The van der Waals surface area contributed by atoms with Gasteiger partial charge in [-0.3, -0.25) is 10.1 Å². The monoisotopic (exact) mass is 276 g/mol. The van der Waals surface area contributed by atoms with Crippen LogP contribution in [-0.2, 0) is 11.3 Å². The van der Waals surface area contributed by atoms with Crippen LogP contribution in [0.2, 0.25) is 0 Å². The van der Waals surface area contributed by atoms with E-state index >= 15 is 0 Å². The van der Waals surface area contributed by atoms with E-state index in [9.17, 15) is 14.4 Å². The molecule has 0 saturated carbocycles. The molecule has 2 aromatic rings. The predicted octanol–water partition coefficient (Wildman–Crippen LogP) is -1.12. The van der Waals surface area contributed by atoms with Crippen LogP contribution in [0.5, 0.6) is 0 Å². The molecule has 1 aromatic heterocycles. The second-order valence-electron chi connectivity index (χ2n) is 3.79. The van der Waals surface area contributed by atoms with Crippen molar-refractivity contribution in [2.24, 2.45) is 0 Å². The van der Waals surface area contributed by atoms with E-state index < -0.39 is 17.6 Å². The number of carbonyl (C=O) groups is 2. The zero-order valence-electron chi connectivity index (χ0n) is 10.6. The standard InChI is InChI=1S/C11H12N6O3/c1-12-10(19)13-9(18)7-16-11(20)17(15-14-16)8-5-3-2-4-6-8/h2-6H,7H2,1H3,(H2,12,13,18,19). The third-order valence-corrected chi connectivity index (χ3v) is 2.41. The molecule has 20 heavy (non-hydrogen) atoms. The summed E-state index contributed by atoms with van der Waals surface area (Å²) < 4.78 is 1.93. The maximum Gasteiger partial charge on any atom is 0.368 e. The van der Waals surface area contributed by atoms with Gasteiger partial charge in [0.1, 0.15) is 6.54 Å². The number of carbonyl (C=O) groups excluding carboxylic acids is 2. The van der Waals surface area contributed by atoms with E-state index in [0.717, 1.165) is 9.36 Å². The van der Waals surface area contributed by atoms with Gasteiger partial charge in [0.2, 0.25) is 5.91 Å². The molecule has 0 bridgehead atoms. The number of urea groups is 1. The Bertz CT molecular complexity index is 675. The maximum atomic E-state index is 12.0. The molecule has 9 nitrogen and oxygen atoms in total. The van der Waals surface area contributed by atoms with Crippen LogP contribution in [0.15, 0.2) is 35.1 Å². The van der Waals surface area contributed by atoms with Crippen molar-refractivity contribution in [3.8, 4) is 5.69 Å². The van der Waals surface area contributed by atoms with Gasteiger partial charge in [0.05, 0.1) is 5.69 Å². The molecule has 0 unspecified atom stereocenters. The zero-order valence-corrected chi connectivity index (χ0v) is 10.6. The number of nitrogens with zero attached hydrogens (tertiary/aromatic N) is 4. The van der Waals surface area contributed by atoms with Crippen molar-refractivity contribution in [2.45, 2.75) is 6.54 Å². The Kier molecular flexibility index (Phi) is 3.89. The van der Waals surface area contributed by atoms with Gasteiger partial charge in [-0.15, -0.1) is 0 Å². The van der Waals surface area contributed by atoms with Gasteiger partial charge in [0, 0.05) is 7.05 Å². The molecular formula is C11H12N6O3. The van der Waals surface area contributed by atoms with Gasteiger partial charge in [-0.2, -0.15) is 9.36 Å². The molecule has 0 atom stereocenters. The minimum absolute atomic E-state index is 0.390. The fraction of sp³-hybridized carbons (Fsp3) is 0.182. The van der Waals surface area contributed by atoms with E-state index in [1.54, 1.807) is 30.3 Å². The third kappa shape index (κ3) is 2.88. The van der Waals surface area contributed by atoms with Crippen molar-refractivity contribution in [3.05, 3.63) is 40.8 Å². The topological polar surface area (TPSA) is 111 Å². The number of imide groups is 1. The largest absolute Gasteiger partial charge is 0.368 e. The fourth-order valence-electron chi connectivity index (χ4n) is 1.47. The van der Waals surface area contributed by atoms with Crippen molar-refractivity contribution in [3.63, 3.8) is 0 Å². The number of rotatable bonds is 3. The first-order valence-corrected chi connectivity index (χ1v) is 5.71. The molecular weight excluding hydrogens is 264 g/mol. The molecule has 0 radical (unpaired) electrons. The van der Waals surface area contributed by atoms with Crippen molar-refractivity contribution in [1.29, 1.82) is 0 Å². The SMILES string of the molecule is CNC(=O)NC(=O)Cn1nnn(-c2ccccc2)c1=O. The van der Waals surface area contributed by atoms with Gasteiger partial charge in [0.15, 0.2) is 0 Å². The van der Waals surface area contributed by atoms with Crippen molar-refractivity contribution in [1.82, 2.24) is 30.4 Å². The quantitative estimate of drug-likeness (QED) is 0.738. The number of para-hydroxylation sites is 1. The van der Waals surface area contributed by atoms with Gasteiger partial charge in [-0.1, -0.05) is 18.2 Å². The molecule has 1 heterocycles. The molecule has 9 heteroatoms. The Balaban J connectivity index is 2.16. The number of nitrogens with one attached hydrogen (secondary N) is 2. The summed E-state index contributed by atoms with van der Waals surface area (Å²) in [5, 5.41) is 11.5. The number of hydrogen-bond donors (Lipinski definition) is 2. The van der Waals surface area contributed by atoms with Crippen LogP contribution in [0.1, 0.15) is 0 Å². The summed E-state index contributed by atoms with van der Waals surface area (Å²) in [4.78, 5) is 34.4. The molecule has 3 amide bonds. The highest BCUT2D eigenvalue weighted by atomic mass is 16.2. The normalized spacial score (nSPS) is 10.1. The molecule has 0 aliphatic rings. The Hall–Kier alpha value is -2.97. The van der Waals surface area contributed by atoms with Crippen LogP contribution >= 0.6 is 0 Å². The van der Waals surface area contributed by atoms with E-state index in [-0.39, 0.29) is 6.54 Å². The van der Waals surface area contributed by atoms with Crippen LogP contribution in [-0.4, -0.2) is 38.8 Å². The highest BCUT2D eigenvalue weighted by Crippen LogP contribution is 2.00. The highest BCUT2D eigenvalue weighted by Gasteiger charge is 2.13. The molecule has 2 N–H and O–H groups in total. The molecule has 0 fully saturated rings. The molecule has 2 rings (SSSR count). The summed E-state index contributed by atoms with van der Waals surface area (Å²) in [6.45, 7) is -0.390. The molecule has 0 aliphatic carbocycles. The van der Waals surface area contributed by atoms with Crippen LogP contribution in [0.3, 0.4) is 0 Å². The third-order valence-electron chi connectivity index (χ3n) is 2.41. The minimum atomic E-state index is -0.661. The smallest absolute Gasteiger partial charge is 0.341 e. The first-order chi connectivity index (χ1) is 9.61. The van der Waals surface area contributed by atoms with Crippen LogP contribution in [0.4, 0.5) is 4.79 Å². The number of tetrazole rings is 1. The number of hydrogen-bond acceptors (Lipinski definition) is 5. The predicted molar refractivity (Wildman–Crippen MR) is 68.2 cm³/mol. The Morgan fingerprint density at radius 3 is 2.55 bits per heavy atom. The lowest BCUT2D eigenvalue weighted by molar-refractivity contribution is -0.120. The Morgan fingerprint density at radius 1 is 1.20 bits per heavy atom. The van der Waals surface area contributed by atoms with Crippen molar-refractivity contribution >= 4 is 11.9 Å². The van der Waals surface area contributed by atoms with Crippen LogP contribution in [0.25, 0.3) is 5.69 Å². The highest BCUT2D eigenvalue weighted by molar-refractivity contribution is 5.93. The summed E-state index contributed by atoms with van der Waals surface area (Å²) >= 11 is 0. The zero-order chi connectivity index (χ0) is 14.5. The summed E-state index contributed by atoms with van der Waals surface area (Å²) in [5.74, 6) is -0.661.